The molecule has 0 saturated carbocycles. The maximum Gasteiger partial charge on any atom is 0.336 e. The molecule has 0 bridgehead atoms. The lowest BCUT2D eigenvalue weighted by atomic mass is 10.3. The minimum absolute atomic E-state index is 0.244. The molecule has 4 heteroatoms. The molecule has 0 aliphatic carbocycles. The fraction of sp³-hybridized carbons (Fsp3) is 0.400. The Morgan fingerprint density at radius 1 is 1.43 bits per heavy atom. The molecule has 0 fully saturated rings. The van der Waals surface area contributed by atoms with Crippen LogP contribution in [0.4, 0.5) is 0 Å². The molecule has 0 atom stereocenters. The summed E-state index contributed by atoms with van der Waals surface area (Å²) in [6, 6.07) is 0. The molecule has 0 aromatic heterocycles. The molecule has 0 radical (unpaired) electrons. The highest BCUT2D eigenvalue weighted by Gasteiger charge is 2.05. The summed E-state index contributed by atoms with van der Waals surface area (Å²) in [6.45, 7) is 6.97. The van der Waals surface area contributed by atoms with Crippen LogP contribution in [0.15, 0.2) is 24.5 Å². The summed E-state index contributed by atoms with van der Waals surface area (Å²) in [6.07, 6.45) is 2.83. The summed E-state index contributed by atoms with van der Waals surface area (Å²) in [5.41, 5.74) is 0.244. The molecule has 14 heavy (non-hydrogen) atoms. The Morgan fingerprint density at radius 2 is 2.07 bits per heavy atom. The van der Waals surface area contributed by atoms with Gasteiger partial charge in [-0.3, -0.25) is 0 Å². The van der Waals surface area contributed by atoms with Gasteiger partial charge in [-0.1, -0.05) is 13.5 Å². The van der Waals surface area contributed by atoms with Crippen LogP contribution in [0.2, 0.25) is 0 Å². The van der Waals surface area contributed by atoms with Crippen molar-refractivity contribution in [3.8, 4) is 0 Å². The fourth-order valence-electron chi connectivity index (χ4n) is 0.551. The number of carbonyl (C=O) groups excluding carboxylic acids is 2. The van der Waals surface area contributed by atoms with E-state index in [2.05, 4.69) is 11.3 Å². The zero-order valence-electron chi connectivity index (χ0n) is 8.41. The smallest absolute Gasteiger partial charge is 0.336 e. The van der Waals surface area contributed by atoms with Crippen LogP contribution in [0, 0.1) is 0 Å². The van der Waals surface area contributed by atoms with Crippen LogP contribution in [0.1, 0.15) is 20.3 Å². The summed E-state index contributed by atoms with van der Waals surface area (Å²) < 4.78 is 9.33. The van der Waals surface area contributed by atoms with E-state index >= 15 is 0 Å². The normalized spacial score (nSPS) is 10.6. The molecule has 4 nitrogen and oxygen atoms in total. The van der Waals surface area contributed by atoms with E-state index in [0.29, 0.717) is 6.61 Å². The van der Waals surface area contributed by atoms with Gasteiger partial charge in [-0.15, -0.1) is 0 Å². The molecular weight excluding hydrogens is 184 g/mol. The predicted molar refractivity (Wildman–Crippen MR) is 51.3 cm³/mol. The van der Waals surface area contributed by atoms with Crippen LogP contribution in [0.5, 0.6) is 0 Å². The molecule has 0 aromatic carbocycles. The van der Waals surface area contributed by atoms with Crippen molar-refractivity contribution in [3.05, 3.63) is 24.5 Å². The summed E-state index contributed by atoms with van der Waals surface area (Å²) in [4.78, 5) is 21.7. The first kappa shape index (κ1) is 12.4. The number of rotatable bonds is 5. The zero-order valence-corrected chi connectivity index (χ0v) is 8.41. The maximum atomic E-state index is 11.1. The minimum Gasteiger partial charge on any atom is -0.462 e. The van der Waals surface area contributed by atoms with Gasteiger partial charge < -0.3 is 9.47 Å². The van der Waals surface area contributed by atoms with Crippen LogP contribution in [-0.4, -0.2) is 18.5 Å². The molecule has 0 spiro atoms. The van der Waals surface area contributed by atoms with Crippen LogP contribution >= 0.6 is 0 Å². The number of hydrogen-bond donors (Lipinski definition) is 0. The highest BCUT2D eigenvalue weighted by molar-refractivity contribution is 5.88. The third-order valence-corrected chi connectivity index (χ3v) is 1.28. The third kappa shape index (κ3) is 5.13. The molecule has 0 amide bonds. The van der Waals surface area contributed by atoms with Gasteiger partial charge in [0.25, 0.3) is 0 Å². The van der Waals surface area contributed by atoms with Gasteiger partial charge in [0.15, 0.2) is 0 Å². The Labute approximate surface area is 83.2 Å². The quantitative estimate of drug-likeness (QED) is 0.382. The number of ether oxygens (including phenoxy) is 2. The van der Waals surface area contributed by atoms with Gasteiger partial charge in [-0.05, 0) is 13.3 Å². The first-order valence-corrected chi connectivity index (χ1v) is 4.28. The van der Waals surface area contributed by atoms with Crippen LogP contribution in [-0.2, 0) is 19.1 Å². The first-order chi connectivity index (χ1) is 6.61. The Morgan fingerprint density at radius 3 is 2.57 bits per heavy atom. The average Bonchev–Trinajstić information content (AvgIpc) is 2.21. The van der Waals surface area contributed by atoms with Gasteiger partial charge in [0.2, 0.25) is 0 Å². The summed E-state index contributed by atoms with van der Waals surface area (Å²) in [5.74, 6) is -1.09. The number of hydrogen-bond acceptors (Lipinski definition) is 4. The zero-order chi connectivity index (χ0) is 11.0. The standard InChI is InChI=1S/C10H14O4/c1-4-6-13-10(12)8(3)7-14-9(11)5-2/h5,7H,2,4,6H2,1,3H3/b8-7+. The second-order valence-electron chi connectivity index (χ2n) is 2.58. The number of carbonyl (C=O) groups is 2. The van der Waals surface area contributed by atoms with E-state index in [1.165, 1.54) is 6.92 Å². The van der Waals surface area contributed by atoms with Crippen molar-refractivity contribution in [1.29, 1.82) is 0 Å². The lowest BCUT2D eigenvalue weighted by Crippen LogP contribution is -2.07. The lowest BCUT2D eigenvalue weighted by Gasteiger charge is -2.02. The Balaban J connectivity index is 4.03. The second-order valence-corrected chi connectivity index (χ2v) is 2.58. The fourth-order valence-corrected chi connectivity index (χ4v) is 0.551. The molecule has 0 heterocycles. The first-order valence-electron chi connectivity index (χ1n) is 4.28. The van der Waals surface area contributed by atoms with Crippen molar-refractivity contribution in [2.45, 2.75) is 20.3 Å². The highest BCUT2D eigenvalue weighted by Crippen LogP contribution is 1.98. The Bertz CT molecular complexity index is 253. The SMILES string of the molecule is C=CC(=O)O/C=C(\C)C(=O)OCCC. The lowest BCUT2D eigenvalue weighted by molar-refractivity contribution is -0.139. The van der Waals surface area contributed by atoms with E-state index < -0.39 is 11.9 Å². The second kappa shape index (κ2) is 6.88. The van der Waals surface area contributed by atoms with Crippen molar-refractivity contribution in [2.75, 3.05) is 6.61 Å². The average molecular weight is 198 g/mol. The van der Waals surface area contributed by atoms with Crippen molar-refractivity contribution in [2.24, 2.45) is 0 Å². The van der Waals surface area contributed by atoms with Crippen LogP contribution in [0.3, 0.4) is 0 Å². The third-order valence-electron chi connectivity index (χ3n) is 1.28. The summed E-state index contributed by atoms with van der Waals surface area (Å²) >= 11 is 0. The number of esters is 2. The van der Waals surface area contributed by atoms with Gasteiger partial charge in [0.1, 0.15) is 6.26 Å². The van der Waals surface area contributed by atoms with E-state index in [-0.39, 0.29) is 5.57 Å². The molecule has 0 aromatic rings. The molecule has 0 saturated heterocycles. The van der Waals surface area contributed by atoms with Crippen molar-refractivity contribution >= 4 is 11.9 Å². The van der Waals surface area contributed by atoms with E-state index in [0.717, 1.165) is 18.8 Å². The highest BCUT2D eigenvalue weighted by atomic mass is 16.5. The minimum atomic E-state index is -0.604. The van der Waals surface area contributed by atoms with Crippen LogP contribution < -0.4 is 0 Å². The van der Waals surface area contributed by atoms with Gasteiger partial charge in [-0.25, -0.2) is 9.59 Å². The molecule has 0 rings (SSSR count). The Kier molecular flexibility index (Phi) is 6.11. The van der Waals surface area contributed by atoms with Crippen molar-refractivity contribution in [3.63, 3.8) is 0 Å². The van der Waals surface area contributed by atoms with E-state index in [1.807, 2.05) is 6.92 Å². The van der Waals surface area contributed by atoms with E-state index in [4.69, 9.17) is 4.74 Å². The van der Waals surface area contributed by atoms with E-state index in [9.17, 15) is 9.59 Å². The van der Waals surface area contributed by atoms with Crippen molar-refractivity contribution < 1.29 is 19.1 Å². The molecule has 0 unspecified atom stereocenters. The largest absolute Gasteiger partial charge is 0.462 e. The Hall–Kier alpha value is -1.58. The molecule has 0 N–H and O–H groups in total. The van der Waals surface area contributed by atoms with Gasteiger partial charge in [-0.2, -0.15) is 0 Å². The topological polar surface area (TPSA) is 52.6 Å². The van der Waals surface area contributed by atoms with Gasteiger partial charge in [0, 0.05) is 6.08 Å². The molecule has 78 valence electrons. The molecular formula is C10H14O4. The van der Waals surface area contributed by atoms with Crippen LogP contribution in [0.25, 0.3) is 0 Å². The molecule has 0 aliphatic rings. The predicted octanol–water partition coefficient (Wildman–Crippen LogP) is 1.57. The van der Waals surface area contributed by atoms with Gasteiger partial charge >= 0.3 is 11.9 Å². The monoisotopic (exact) mass is 198 g/mol. The summed E-state index contributed by atoms with van der Waals surface area (Å²) in [7, 11) is 0. The van der Waals surface area contributed by atoms with Crippen molar-refractivity contribution in [1.82, 2.24) is 0 Å². The van der Waals surface area contributed by atoms with Gasteiger partial charge in [0.05, 0.1) is 12.2 Å². The van der Waals surface area contributed by atoms with E-state index in [1.54, 1.807) is 0 Å². The summed E-state index contributed by atoms with van der Waals surface area (Å²) in [5, 5.41) is 0. The maximum absolute atomic E-state index is 11.1. The molecule has 0 aliphatic heterocycles.